The van der Waals surface area contributed by atoms with Gasteiger partial charge in [0, 0.05) is 30.1 Å². The predicted octanol–water partition coefficient (Wildman–Crippen LogP) is 3.34. The molecular weight excluding hydrogens is 388 g/mol. The van der Waals surface area contributed by atoms with Gasteiger partial charge in [-0.3, -0.25) is 19.9 Å². The van der Waals surface area contributed by atoms with Gasteiger partial charge in [0.25, 0.3) is 11.6 Å². The van der Waals surface area contributed by atoms with Crippen molar-refractivity contribution in [1.82, 2.24) is 10.4 Å². The van der Waals surface area contributed by atoms with Crippen molar-refractivity contribution in [1.29, 1.82) is 0 Å². The van der Waals surface area contributed by atoms with Crippen LogP contribution in [0, 0.1) is 10.1 Å². The van der Waals surface area contributed by atoms with Crippen molar-refractivity contribution in [3.8, 4) is 11.5 Å². The Morgan fingerprint density at radius 1 is 1.20 bits per heavy atom. The standard InChI is InChI=1S/C21H18N4O5/c1-29-19-6-2-4-16(13-23-24-21(26)17-5-3-11-22-12-17)20(19)30-14-15-7-9-18(10-8-15)25(27)28/h2-13H,14H2,1H3,(H,24,26)/b23-13+. The number of nitro groups is 1. The fourth-order valence-corrected chi connectivity index (χ4v) is 2.54. The van der Waals surface area contributed by atoms with Gasteiger partial charge in [-0.05, 0) is 42.0 Å². The molecule has 152 valence electrons. The lowest BCUT2D eigenvalue weighted by Crippen LogP contribution is -2.17. The third-order valence-corrected chi connectivity index (χ3v) is 4.05. The average Bonchev–Trinajstić information content (AvgIpc) is 2.78. The average molecular weight is 406 g/mol. The molecule has 9 heteroatoms. The molecule has 1 amide bonds. The number of benzene rings is 2. The third-order valence-electron chi connectivity index (χ3n) is 4.05. The second-order valence-corrected chi connectivity index (χ2v) is 6.03. The summed E-state index contributed by atoms with van der Waals surface area (Å²) in [6.45, 7) is 0.168. The van der Waals surface area contributed by atoms with E-state index >= 15 is 0 Å². The van der Waals surface area contributed by atoms with E-state index in [1.165, 1.54) is 31.7 Å². The Labute approximate surface area is 172 Å². The number of hydrazone groups is 1. The lowest BCUT2D eigenvalue weighted by Gasteiger charge is -2.13. The number of rotatable bonds is 8. The first-order valence-electron chi connectivity index (χ1n) is 8.85. The van der Waals surface area contributed by atoms with Crippen LogP contribution in [0.25, 0.3) is 0 Å². The summed E-state index contributed by atoms with van der Waals surface area (Å²) in [5, 5.41) is 14.7. The monoisotopic (exact) mass is 406 g/mol. The Kier molecular flexibility index (Phi) is 6.67. The summed E-state index contributed by atoms with van der Waals surface area (Å²) in [5.41, 5.74) is 4.16. The summed E-state index contributed by atoms with van der Waals surface area (Å²) < 4.78 is 11.2. The molecule has 30 heavy (non-hydrogen) atoms. The van der Waals surface area contributed by atoms with Crippen LogP contribution in [0.15, 0.2) is 72.1 Å². The molecule has 3 aromatic rings. The number of methoxy groups -OCH3 is 1. The molecule has 0 aliphatic heterocycles. The molecule has 0 aliphatic carbocycles. The summed E-state index contributed by atoms with van der Waals surface area (Å²) in [4.78, 5) is 26.3. The van der Waals surface area contributed by atoms with Crippen LogP contribution >= 0.6 is 0 Å². The number of para-hydroxylation sites is 1. The van der Waals surface area contributed by atoms with Crippen LogP contribution in [0.4, 0.5) is 5.69 Å². The number of nitrogens with one attached hydrogen (secondary N) is 1. The second kappa shape index (κ2) is 9.78. The Bertz CT molecular complexity index is 1050. The minimum absolute atomic E-state index is 0.00761. The highest BCUT2D eigenvalue weighted by atomic mass is 16.6. The van der Waals surface area contributed by atoms with Crippen molar-refractivity contribution in [3.63, 3.8) is 0 Å². The molecule has 0 spiro atoms. The van der Waals surface area contributed by atoms with E-state index in [1.54, 1.807) is 48.7 Å². The van der Waals surface area contributed by atoms with Gasteiger partial charge in [-0.25, -0.2) is 5.43 Å². The number of non-ortho nitro benzene ring substituents is 1. The summed E-state index contributed by atoms with van der Waals surface area (Å²) in [6.07, 6.45) is 4.46. The minimum Gasteiger partial charge on any atom is -0.493 e. The van der Waals surface area contributed by atoms with E-state index in [-0.39, 0.29) is 12.3 Å². The lowest BCUT2D eigenvalue weighted by atomic mass is 10.2. The van der Waals surface area contributed by atoms with Crippen molar-refractivity contribution in [3.05, 3.63) is 93.8 Å². The molecule has 1 heterocycles. The minimum atomic E-state index is -0.459. The summed E-state index contributed by atoms with van der Waals surface area (Å²) >= 11 is 0. The maximum Gasteiger partial charge on any atom is 0.272 e. The van der Waals surface area contributed by atoms with Gasteiger partial charge < -0.3 is 9.47 Å². The molecule has 0 radical (unpaired) electrons. The molecule has 0 bridgehead atoms. The molecule has 1 N–H and O–H groups in total. The van der Waals surface area contributed by atoms with Crippen molar-refractivity contribution < 1.29 is 19.2 Å². The fraction of sp³-hybridized carbons (Fsp3) is 0.0952. The van der Waals surface area contributed by atoms with E-state index in [1.807, 2.05) is 0 Å². The first-order valence-corrected chi connectivity index (χ1v) is 8.85. The van der Waals surface area contributed by atoms with Crippen LogP contribution < -0.4 is 14.9 Å². The number of pyridine rings is 1. The normalized spacial score (nSPS) is 10.6. The van der Waals surface area contributed by atoms with Crippen LogP contribution in [0.3, 0.4) is 0 Å². The Hall–Kier alpha value is -4.27. The van der Waals surface area contributed by atoms with Gasteiger partial charge >= 0.3 is 0 Å². The van der Waals surface area contributed by atoms with E-state index in [0.29, 0.717) is 22.6 Å². The van der Waals surface area contributed by atoms with E-state index in [4.69, 9.17) is 9.47 Å². The first-order chi connectivity index (χ1) is 14.6. The third kappa shape index (κ3) is 5.16. The highest BCUT2D eigenvalue weighted by molar-refractivity contribution is 5.94. The zero-order chi connectivity index (χ0) is 21.3. The number of hydrogen-bond donors (Lipinski definition) is 1. The van der Waals surface area contributed by atoms with Crippen LogP contribution in [-0.2, 0) is 6.61 Å². The lowest BCUT2D eigenvalue weighted by molar-refractivity contribution is -0.384. The number of ether oxygens (including phenoxy) is 2. The molecule has 2 aromatic carbocycles. The first kappa shape index (κ1) is 20.5. The van der Waals surface area contributed by atoms with E-state index in [0.717, 1.165) is 5.56 Å². The fourth-order valence-electron chi connectivity index (χ4n) is 2.54. The number of nitrogens with zero attached hydrogens (tertiary/aromatic N) is 3. The SMILES string of the molecule is COc1cccc(/C=N/NC(=O)c2cccnc2)c1OCc1ccc([N+](=O)[O-])cc1. The molecule has 0 atom stereocenters. The van der Waals surface area contributed by atoms with Crippen molar-refractivity contribution in [2.75, 3.05) is 7.11 Å². The molecule has 9 nitrogen and oxygen atoms in total. The molecule has 0 unspecified atom stereocenters. The zero-order valence-electron chi connectivity index (χ0n) is 16.0. The zero-order valence-corrected chi connectivity index (χ0v) is 16.0. The molecule has 0 saturated heterocycles. The molecular formula is C21H18N4O5. The van der Waals surface area contributed by atoms with Gasteiger partial charge in [-0.15, -0.1) is 0 Å². The number of carbonyl (C=O) groups is 1. The van der Waals surface area contributed by atoms with E-state index in [9.17, 15) is 14.9 Å². The van der Waals surface area contributed by atoms with Crippen molar-refractivity contribution >= 4 is 17.8 Å². The molecule has 0 saturated carbocycles. The van der Waals surface area contributed by atoms with Crippen LogP contribution in [0.5, 0.6) is 11.5 Å². The number of amides is 1. The Morgan fingerprint density at radius 3 is 2.67 bits per heavy atom. The number of carbonyl (C=O) groups excluding carboxylic acids is 1. The van der Waals surface area contributed by atoms with Crippen LogP contribution in [-0.4, -0.2) is 29.1 Å². The highest BCUT2D eigenvalue weighted by Crippen LogP contribution is 2.31. The van der Waals surface area contributed by atoms with Gasteiger partial charge in [0.15, 0.2) is 11.5 Å². The second-order valence-electron chi connectivity index (χ2n) is 6.03. The maximum atomic E-state index is 12.1. The quantitative estimate of drug-likeness (QED) is 0.348. The number of aromatic nitrogens is 1. The Morgan fingerprint density at radius 2 is 2.00 bits per heavy atom. The predicted molar refractivity (Wildman–Crippen MR) is 110 cm³/mol. The number of nitro benzene ring substituents is 1. The highest BCUT2D eigenvalue weighted by Gasteiger charge is 2.11. The summed E-state index contributed by atoms with van der Waals surface area (Å²) in [6, 6.07) is 14.6. The number of hydrogen-bond acceptors (Lipinski definition) is 7. The molecule has 0 fully saturated rings. The molecule has 1 aromatic heterocycles. The van der Waals surface area contributed by atoms with Gasteiger partial charge in [-0.1, -0.05) is 6.07 Å². The molecule has 3 rings (SSSR count). The largest absolute Gasteiger partial charge is 0.493 e. The summed E-state index contributed by atoms with van der Waals surface area (Å²) in [7, 11) is 1.51. The van der Waals surface area contributed by atoms with Gasteiger partial charge in [-0.2, -0.15) is 5.10 Å². The molecule has 0 aliphatic rings. The summed E-state index contributed by atoms with van der Waals surface area (Å²) in [5.74, 6) is 0.521. The topological polar surface area (TPSA) is 116 Å². The van der Waals surface area contributed by atoms with Crippen molar-refractivity contribution in [2.24, 2.45) is 5.10 Å². The van der Waals surface area contributed by atoms with Gasteiger partial charge in [0.05, 0.1) is 23.8 Å². The van der Waals surface area contributed by atoms with Crippen LogP contribution in [0.1, 0.15) is 21.5 Å². The van der Waals surface area contributed by atoms with Gasteiger partial charge in [0.2, 0.25) is 0 Å². The van der Waals surface area contributed by atoms with Gasteiger partial charge in [0.1, 0.15) is 6.61 Å². The van der Waals surface area contributed by atoms with E-state index in [2.05, 4.69) is 15.5 Å². The van der Waals surface area contributed by atoms with Crippen molar-refractivity contribution in [2.45, 2.75) is 6.61 Å². The smallest absolute Gasteiger partial charge is 0.272 e. The maximum absolute atomic E-state index is 12.1. The van der Waals surface area contributed by atoms with E-state index < -0.39 is 10.8 Å². The van der Waals surface area contributed by atoms with Crippen LogP contribution in [0.2, 0.25) is 0 Å². The Balaban J connectivity index is 1.72.